The largest absolute Gasteiger partial charge is 0.384 e. The number of hydrogen-bond donors (Lipinski definition) is 1. The Balaban J connectivity index is 2.79. The zero-order valence-corrected chi connectivity index (χ0v) is 11.6. The Morgan fingerprint density at radius 1 is 1.00 bits per heavy atom. The molecule has 0 aliphatic carbocycles. The molecule has 1 aromatic rings. The lowest BCUT2D eigenvalue weighted by Crippen LogP contribution is -2.07. The van der Waals surface area contributed by atoms with Crippen LogP contribution in [0.4, 0.5) is 5.82 Å². The van der Waals surface area contributed by atoms with Gasteiger partial charge < -0.3 is 10.3 Å². The third kappa shape index (κ3) is 3.76. The predicted molar refractivity (Wildman–Crippen MR) is 74.2 cm³/mol. The molecule has 3 nitrogen and oxygen atoms in total. The van der Waals surface area contributed by atoms with Crippen LogP contribution in [0.2, 0.25) is 0 Å². The summed E-state index contributed by atoms with van der Waals surface area (Å²) in [6.07, 6.45) is 8.04. The van der Waals surface area contributed by atoms with E-state index in [0.29, 0.717) is 0 Å². The molecular weight excluding hydrogens is 210 g/mol. The number of aryl methyl sites for hydroxylation is 2. The first kappa shape index (κ1) is 14.1. The number of aromatic nitrogens is 2. The minimum atomic E-state index is 0.909. The highest BCUT2D eigenvalue weighted by Crippen LogP contribution is 2.19. The second kappa shape index (κ2) is 7.36. The van der Waals surface area contributed by atoms with E-state index in [-0.39, 0.29) is 0 Å². The average molecular weight is 237 g/mol. The molecule has 2 N–H and O–H groups in total. The van der Waals surface area contributed by atoms with Gasteiger partial charge in [0.05, 0.1) is 5.69 Å². The Morgan fingerprint density at radius 3 is 2.35 bits per heavy atom. The Bertz CT molecular complexity index is 328. The van der Waals surface area contributed by atoms with Crippen LogP contribution in [0.25, 0.3) is 0 Å². The van der Waals surface area contributed by atoms with Gasteiger partial charge in [-0.2, -0.15) is 0 Å². The van der Waals surface area contributed by atoms with Gasteiger partial charge in [-0.05, 0) is 25.7 Å². The van der Waals surface area contributed by atoms with Gasteiger partial charge in [0.1, 0.15) is 11.6 Å². The van der Waals surface area contributed by atoms with Gasteiger partial charge >= 0.3 is 0 Å². The molecule has 0 spiro atoms. The van der Waals surface area contributed by atoms with Crippen molar-refractivity contribution in [2.24, 2.45) is 0 Å². The molecule has 0 bridgehead atoms. The molecule has 0 radical (unpaired) electrons. The molecule has 1 rings (SSSR count). The Hall–Kier alpha value is -0.990. The molecule has 0 amide bonds. The molecule has 0 aliphatic rings. The van der Waals surface area contributed by atoms with Gasteiger partial charge in [-0.25, -0.2) is 4.98 Å². The van der Waals surface area contributed by atoms with Crippen molar-refractivity contribution in [2.45, 2.75) is 72.3 Å². The number of unbranched alkanes of at least 4 members (excludes halogenated alkanes) is 2. The maximum absolute atomic E-state index is 6.20. The molecule has 17 heavy (non-hydrogen) atoms. The summed E-state index contributed by atoms with van der Waals surface area (Å²) in [6, 6.07) is 0. The topological polar surface area (TPSA) is 43.8 Å². The number of nitrogens with two attached hydrogens (primary N) is 1. The summed E-state index contributed by atoms with van der Waals surface area (Å²) in [6.45, 7) is 7.60. The summed E-state index contributed by atoms with van der Waals surface area (Å²) >= 11 is 0. The summed E-state index contributed by atoms with van der Waals surface area (Å²) in [7, 11) is 0. The predicted octanol–water partition coefficient (Wildman–Crippen LogP) is 3.56. The molecular formula is C14H27N3. The van der Waals surface area contributed by atoms with Crippen molar-refractivity contribution >= 4 is 5.82 Å². The van der Waals surface area contributed by atoms with E-state index in [0.717, 1.165) is 43.7 Å². The van der Waals surface area contributed by atoms with E-state index in [1.165, 1.54) is 25.1 Å². The molecule has 1 heterocycles. The van der Waals surface area contributed by atoms with Crippen LogP contribution in [0.15, 0.2) is 0 Å². The van der Waals surface area contributed by atoms with Crippen LogP contribution in [-0.4, -0.2) is 9.55 Å². The fourth-order valence-electron chi connectivity index (χ4n) is 2.18. The number of imidazole rings is 1. The lowest BCUT2D eigenvalue weighted by Gasteiger charge is -2.07. The molecule has 0 aromatic carbocycles. The van der Waals surface area contributed by atoms with Crippen molar-refractivity contribution in [1.82, 2.24) is 9.55 Å². The quantitative estimate of drug-likeness (QED) is 0.703. The zero-order valence-electron chi connectivity index (χ0n) is 11.6. The summed E-state index contributed by atoms with van der Waals surface area (Å²) < 4.78 is 2.21. The van der Waals surface area contributed by atoms with E-state index in [2.05, 4.69) is 25.3 Å². The summed E-state index contributed by atoms with van der Waals surface area (Å²) in [5, 5.41) is 0. The van der Waals surface area contributed by atoms with Crippen LogP contribution in [0.5, 0.6) is 0 Å². The monoisotopic (exact) mass is 237 g/mol. The summed E-state index contributed by atoms with van der Waals surface area (Å²) in [5.41, 5.74) is 7.32. The fourth-order valence-corrected chi connectivity index (χ4v) is 2.18. The van der Waals surface area contributed by atoms with Gasteiger partial charge in [0.15, 0.2) is 0 Å². The van der Waals surface area contributed by atoms with Gasteiger partial charge in [0.2, 0.25) is 0 Å². The van der Waals surface area contributed by atoms with Crippen LogP contribution in [0, 0.1) is 0 Å². The Morgan fingerprint density at radius 2 is 1.76 bits per heavy atom. The SMILES string of the molecule is CCCCCc1nc(CCC)n(CCC)c1N. The molecule has 0 atom stereocenters. The van der Waals surface area contributed by atoms with E-state index in [1.54, 1.807) is 0 Å². The van der Waals surface area contributed by atoms with Crippen LogP contribution in [-0.2, 0) is 19.4 Å². The zero-order chi connectivity index (χ0) is 12.7. The second-order valence-electron chi connectivity index (χ2n) is 4.72. The van der Waals surface area contributed by atoms with Crippen LogP contribution in [0.1, 0.15) is 64.4 Å². The highest BCUT2D eigenvalue weighted by molar-refractivity contribution is 5.38. The molecule has 1 aromatic heterocycles. The number of anilines is 1. The highest BCUT2D eigenvalue weighted by atomic mass is 15.1. The number of nitrogens with zero attached hydrogens (tertiary/aromatic N) is 2. The van der Waals surface area contributed by atoms with Crippen LogP contribution >= 0.6 is 0 Å². The number of hydrogen-bond acceptors (Lipinski definition) is 2. The molecule has 98 valence electrons. The fraction of sp³-hybridized carbons (Fsp3) is 0.786. The molecule has 3 heteroatoms. The smallest absolute Gasteiger partial charge is 0.126 e. The Labute approximate surface area is 105 Å². The van der Waals surface area contributed by atoms with Crippen molar-refractivity contribution in [3.8, 4) is 0 Å². The van der Waals surface area contributed by atoms with Gasteiger partial charge in [-0.15, -0.1) is 0 Å². The van der Waals surface area contributed by atoms with E-state index in [1.807, 2.05) is 0 Å². The van der Waals surface area contributed by atoms with Crippen LogP contribution < -0.4 is 5.73 Å². The first-order valence-electron chi connectivity index (χ1n) is 7.08. The maximum Gasteiger partial charge on any atom is 0.126 e. The number of rotatable bonds is 8. The summed E-state index contributed by atoms with van der Waals surface area (Å²) in [5.74, 6) is 2.09. The normalized spacial score (nSPS) is 11.0. The highest BCUT2D eigenvalue weighted by Gasteiger charge is 2.12. The molecule has 0 unspecified atom stereocenters. The lowest BCUT2D eigenvalue weighted by molar-refractivity contribution is 0.637. The maximum atomic E-state index is 6.20. The van der Waals surface area contributed by atoms with Gasteiger partial charge in [-0.3, -0.25) is 0 Å². The third-order valence-electron chi connectivity index (χ3n) is 3.10. The first-order valence-corrected chi connectivity index (χ1v) is 7.08. The standard InChI is InChI=1S/C14H27N3/c1-4-7-8-10-12-14(15)17(11-6-3)13(16-12)9-5-2/h4-11,15H2,1-3H3. The molecule has 0 fully saturated rings. The second-order valence-corrected chi connectivity index (χ2v) is 4.72. The van der Waals surface area contributed by atoms with E-state index < -0.39 is 0 Å². The van der Waals surface area contributed by atoms with Crippen molar-refractivity contribution in [3.63, 3.8) is 0 Å². The van der Waals surface area contributed by atoms with E-state index >= 15 is 0 Å². The first-order chi connectivity index (χ1) is 8.24. The van der Waals surface area contributed by atoms with Gasteiger partial charge in [0, 0.05) is 13.0 Å². The van der Waals surface area contributed by atoms with Crippen molar-refractivity contribution in [2.75, 3.05) is 5.73 Å². The van der Waals surface area contributed by atoms with Crippen molar-refractivity contribution in [1.29, 1.82) is 0 Å². The van der Waals surface area contributed by atoms with E-state index in [4.69, 9.17) is 10.7 Å². The minimum Gasteiger partial charge on any atom is -0.384 e. The van der Waals surface area contributed by atoms with E-state index in [9.17, 15) is 0 Å². The average Bonchev–Trinajstić information content (AvgIpc) is 2.59. The molecule has 0 saturated carbocycles. The number of nitrogen functional groups attached to an aromatic ring is 1. The minimum absolute atomic E-state index is 0.909. The van der Waals surface area contributed by atoms with Gasteiger partial charge in [-0.1, -0.05) is 33.6 Å². The summed E-state index contributed by atoms with van der Waals surface area (Å²) in [4.78, 5) is 4.73. The Kier molecular flexibility index (Phi) is 6.09. The van der Waals surface area contributed by atoms with Gasteiger partial charge in [0.25, 0.3) is 0 Å². The third-order valence-corrected chi connectivity index (χ3v) is 3.10. The van der Waals surface area contributed by atoms with Crippen molar-refractivity contribution < 1.29 is 0 Å². The molecule has 0 saturated heterocycles. The van der Waals surface area contributed by atoms with Crippen molar-refractivity contribution in [3.05, 3.63) is 11.5 Å². The molecule has 0 aliphatic heterocycles. The van der Waals surface area contributed by atoms with Crippen LogP contribution in [0.3, 0.4) is 0 Å². The lowest BCUT2D eigenvalue weighted by atomic mass is 10.1.